The first-order valence-electron chi connectivity index (χ1n) is 8.11. The summed E-state index contributed by atoms with van der Waals surface area (Å²) in [7, 11) is 1.94. The van der Waals surface area contributed by atoms with Gasteiger partial charge in [-0.1, -0.05) is 6.92 Å². The maximum absolute atomic E-state index is 4.82. The summed E-state index contributed by atoms with van der Waals surface area (Å²) in [5.74, 6) is 3.03. The molecule has 1 aromatic rings. The molecule has 0 aromatic carbocycles. The van der Waals surface area contributed by atoms with Crippen molar-refractivity contribution < 1.29 is 0 Å². The molecule has 0 bridgehead atoms. The Morgan fingerprint density at radius 3 is 2.33 bits per heavy atom. The van der Waals surface area contributed by atoms with Crippen LogP contribution >= 0.6 is 0 Å². The minimum atomic E-state index is 0.627. The molecule has 5 nitrogen and oxygen atoms in total. The van der Waals surface area contributed by atoms with Gasteiger partial charge in [0.2, 0.25) is 0 Å². The van der Waals surface area contributed by atoms with E-state index < -0.39 is 0 Å². The highest BCUT2D eigenvalue weighted by molar-refractivity contribution is 5.58. The Labute approximate surface area is 128 Å². The highest BCUT2D eigenvalue weighted by atomic mass is 15.3. The van der Waals surface area contributed by atoms with Gasteiger partial charge in [0.1, 0.15) is 17.5 Å². The Bertz CT molecular complexity index is 464. The number of aryl methyl sites for hydroxylation is 1. The van der Waals surface area contributed by atoms with Gasteiger partial charge in [0, 0.05) is 51.3 Å². The monoisotopic (exact) mass is 291 g/mol. The predicted octanol–water partition coefficient (Wildman–Crippen LogP) is 2.31. The van der Waals surface area contributed by atoms with Crippen molar-refractivity contribution in [3.63, 3.8) is 0 Å². The van der Waals surface area contributed by atoms with E-state index in [1.165, 1.54) is 0 Å². The standard InChI is InChI=1S/C16H29N5/c1-6-7-14-18-15(17-5)13(4)16(19-14)21-10-8-20(9-11-21)12(2)3/h12H,6-11H2,1-5H3,(H,17,18,19). The van der Waals surface area contributed by atoms with Crippen LogP contribution < -0.4 is 10.2 Å². The molecule has 1 aromatic heterocycles. The van der Waals surface area contributed by atoms with Crippen LogP contribution in [0.25, 0.3) is 0 Å². The molecule has 0 unspecified atom stereocenters. The Morgan fingerprint density at radius 1 is 1.14 bits per heavy atom. The molecule has 2 heterocycles. The lowest BCUT2D eigenvalue weighted by Crippen LogP contribution is -2.49. The van der Waals surface area contributed by atoms with Crippen LogP contribution in [0.15, 0.2) is 0 Å². The van der Waals surface area contributed by atoms with Crippen molar-refractivity contribution in [2.75, 3.05) is 43.4 Å². The number of nitrogens with one attached hydrogen (secondary N) is 1. The largest absolute Gasteiger partial charge is 0.373 e. The zero-order valence-electron chi connectivity index (χ0n) is 14.1. The number of aromatic nitrogens is 2. The summed E-state index contributed by atoms with van der Waals surface area (Å²) >= 11 is 0. The summed E-state index contributed by atoms with van der Waals surface area (Å²) < 4.78 is 0. The second-order valence-electron chi connectivity index (χ2n) is 6.05. The molecule has 0 amide bonds. The first-order valence-corrected chi connectivity index (χ1v) is 8.11. The van der Waals surface area contributed by atoms with E-state index in [0.717, 1.165) is 62.0 Å². The Kier molecular flexibility index (Phi) is 5.39. The fraction of sp³-hybridized carbons (Fsp3) is 0.750. The zero-order valence-corrected chi connectivity index (χ0v) is 14.1. The minimum Gasteiger partial charge on any atom is -0.373 e. The Morgan fingerprint density at radius 2 is 1.81 bits per heavy atom. The fourth-order valence-corrected chi connectivity index (χ4v) is 2.89. The summed E-state index contributed by atoms with van der Waals surface area (Å²) in [6.45, 7) is 13.1. The lowest BCUT2D eigenvalue weighted by molar-refractivity contribution is 0.209. The smallest absolute Gasteiger partial charge is 0.137 e. The van der Waals surface area contributed by atoms with Crippen LogP contribution in [0.1, 0.15) is 38.6 Å². The maximum Gasteiger partial charge on any atom is 0.137 e. The van der Waals surface area contributed by atoms with Gasteiger partial charge in [-0.2, -0.15) is 0 Å². The Balaban J connectivity index is 2.21. The maximum atomic E-state index is 4.82. The van der Waals surface area contributed by atoms with E-state index in [1.807, 2.05) is 7.05 Å². The van der Waals surface area contributed by atoms with Crippen LogP contribution in [-0.4, -0.2) is 54.1 Å². The van der Waals surface area contributed by atoms with Crippen LogP contribution in [0, 0.1) is 6.92 Å². The first kappa shape index (κ1) is 16.0. The number of nitrogens with zero attached hydrogens (tertiary/aromatic N) is 4. The first-order chi connectivity index (χ1) is 10.1. The highest BCUT2D eigenvalue weighted by Gasteiger charge is 2.22. The molecule has 1 fully saturated rings. The van der Waals surface area contributed by atoms with E-state index in [4.69, 9.17) is 4.98 Å². The van der Waals surface area contributed by atoms with Gasteiger partial charge in [0.05, 0.1) is 0 Å². The molecular formula is C16H29N5. The van der Waals surface area contributed by atoms with Crippen molar-refractivity contribution >= 4 is 11.6 Å². The van der Waals surface area contributed by atoms with Crippen molar-refractivity contribution in [3.8, 4) is 0 Å². The Hall–Kier alpha value is -1.36. The quantitative estimate of drug-likeness (QED) is 0.902. The highest BCUT2D eigenvalue weighted by Crippen LogP contribution is 2.25. The minimum absolute atomic E-state index is 0.627. The van der Waals surface area contributed by atoms with E-state index in [1.54, 1.807) is 0 Å². The molecule has 0 aliphatic carbocycles. The molecule has 118 valence electrons. The lowest BCUT2D eigenvalue weighted by Gasteiger charge is -2.38. The van der Waals surface area contributed by atoms with E-state index >= 15 is 0 Å². The van der Waals surface area contributed by atoms with Crippen LogP contribution in [0.3, 0.4) is 0 Å². The summed E-state index contributed by atoms with van der Waals surface area (Å²) in [5.41, 5.74) is 1.16. The molecule has 1 aliphatic heterocycles. The van der Waals surface area contributed by atoms with Gasteiger partial charge in [-0.05, 0) is 27.2 Å². The van der Waals surface area contributed by atoms with Gasteiger partial charge in [0.25, 0.3) is 0 Å². The third-order valence-electron chi connectivity index (χ3n) is 4.22. The van der Waals surface area contributed by atoms with Crippen LogP contribution in [-0.2, 0) is 6.42 Å². The van der Waals surface area contributed by atoms with Gasteiger partial charge in [-0.3, -0.25) is 4.90 Å². The van der Waals surface area contributed by atoms with Gasteiger partial charge in [-0.25, -0.2) is 9.97 Å². The van der Waals surface area contributed by atoms with Crippen molar-refractivity contribution in [2.24, 2.45) is 0 Å². The summed E-state index contributed by atoms with van der Waals surface area (Å²) in [6, 6.07) is 0.627. The molecule has 0 atom stereocenters. The summed E-state index contributed by atoms with van der Waals surface area (Å²) in [4.78, 5) is 14.4. The molecule has 0 spiro atoms. The van der Waals surface area contributed by atoms with Crippen LogP contribution in [0.5, 0.6) is 0 Å². The topological polar surface area (TPSA) is 44.3 Å². The number of anilines is 2. The van der Waals surface area contributed by atoms with E-state index in [9.17, 15) is 0 Å². The predicted molar refractivity (Wildman–Crippen MR) is 89.2 cm³/mol. The third-order valence-corrected chi connectivity index (χ3v) is 4.22. The SMILES string of the molecule is CCCc1nc(NC)c(C)c(N2CCN(C(C)C)CC2)n1. The number of piperazine rings is 1. The number of hydrogen-bond donors (Lipinski definition) is 1. The molecule has 5 heteroatoms. The normalized spacial score (nSPS) is 16.6. The average molecular weight is 291 g/mol. The third kappa shape index (κ3) is 3.64. The fourth-order valence-electron chi connectivity index (χ4n) is 2.89. The number of hydrogen-bond acceptors (Lipinski definition) is 5. The zero-order chi connectivity index (χ0) is 15.4. The molecular weight excluding hydrogens is 262 g/mol. The average Bonchev–Trinajstić information content (AvgIpc) is 2.49. The van der Waals surface area contributed by atoms with Gasteiger partial charge < -0.3 is 10.2 Å². The van der Waals surface area contributed by atoms with E-state index in [2.05, 4.69) is 47.8 Å². The van der Waals surface area contributed by atoms with E-state index in [0.29, 0.717) is 6.04 Å². The van der Waals surface area contributed by atoms with Crippen LogP contribution in [0.4, 0.5) is 11.6 Å². The second kappa shape index (κ2) is 7.07. The van der Waals surface area contributed by atoms with E-state index in [-0.39, 0.29) is 0 Å². The second-order valence-corrected chi connectivity index (χ2v) is 6.05. The van der Waals surface area contributed by atoms with Crippen molar-refractivity contribution in [1.29, 1.82) is 0 Å². The summed E-state index contributed by atoms with van der Waals surface area (Å²) in [6.07, 6.45) is 2.01. The van der Waals surface area contributed by atoms with Gasteiger partial charge >= 0.3 is 0 Å². The summed E-state index contributed by atoms with van der Waals surface area (Å²) in [5, 5.41) is 3.21. The molecule has 1 aliphatic rings. The molecule has 1 saturated heterocycles. The molecule has 0 saturated carbocycles. The molecule has 21 heavy (non-hydrogen) atoms. The van der Waals surface area contributed by atoms with Gasteiger partial charge in [-0.15, -0.1) is 0 Å². The molecule has 2 rings (SSSR count). The van der Waals surface area contributed by atoms with Crippen molar-refractivity contribution in [3.05, 3.63) is 11.4 Å². The van der Waals surface area contributed by atoms with Crippen LogP contribution in [0.2, 0.25) is 0 Å². The van der Waals surface area contributed by atoms with Gasteiger partial charge in [0.15, 0.2) is 0 Å². The molecule has 1 N–H and O–H groups in total. The number of rotatable bonds is 5. The van der Waals surface area contributed by atoms with Crippen molar-refractivity contribution in [1.82, 2.24) is 14.9 Å². The lowest BCUT2D eigenvalue weighted by atomic mass is 10.2. The molecule has 0 radical (unpaired) electrons. The van der Waals surface area contributed by atoms with Crippen molar-refractivity contribution in [2.45, 2.75) is 46.6 Å².